The molecule has 17 heterocycles. The molecule has 17 rings (SSSR count). The average Bonchev–Trinajstić information content (AvgIpc) is 1.63. The molecule has 0 saturated heterocycles. The quantitative estimate of drug-likeness (QED) is 0.221. The molecule has 0 spiro atoms. The van der Waals surface area contributed by atoms with Crippen molar-refractivity contribution in [3.05, 3.63) is 251 Å². The third-order valence-corrected chi connectivity index (χ3v) is 17.4. The number of allylic oxidation sites excluding steroid dienone is 4. The van der Waals surface area contributed by atoms with Crippen LogP contribution in [0.3, 0.4) is 0 Å². The maximum absolute atomic E-state index is 5.57. The van der Waals surface area contributed by atoms with Gasteiger partial charge in [-0.2, -0.15) is 27.4 Å². The Bertz CT molecular complexity index is 5720. The molecule has 0 N–H and O–H groups in total. The van der Waals surface area contributed by atoms with Crippen molar-refractivity contribution >= 4 is 58.1 Å². The second-order valence-corrected chi connectivity index (χ2v) is 23.5. The van der Waals surface area contributed by atoms with Gasteiger partial charge in [0.25, 0.3) is 0 Å². The fraction of sp³-hybridized carbons (Fsp3) is 0.111. The third kappa shape index (κ3) is 9.35. The van der Waals surface area contributed by atoms with Gasteiger partial charge in [0.05, 0.1) is 11.4 Å². The third-order valence-electron chi connectivity index (χ3n) is 17.4. The first-order valence-corrected chi connectivity index (χ1v) is 30.9. The predicted molar refractivity (Wildman–Crippen MR) is 358 cm³/mol. The highest BCUT2D eigenvalue weighted by Crippen LogP contribution is 2.36. The van der Waals surface area contributed by atoms with Crippen LogP contribution < -0.4 is 38.1 Å². The van der Waals surface area contributed by atoms with E-state index in [1.165, 1.54) is 0 Å². The first-order valence-electron chi connectivity index (χ1n) is 30.9. The van der Waals surface area contributed by atoms with Crippen molar-refractivity contribution in [2.45, 2.75) is 0 Å². The van der Waals surface area contributed by atoms with Gasteiger partial charge in [-0.15, -0.1) is 0 Å². The second kappa shape index (κ2) is 22.3. The summed E-state index contributed by atoms with van der Waals surface area (Å²) >= 11 is 0. The summed E-state index contributed by atoms with van der Waals surface area (Å²) in [4.78, 5) is 91.7. The van der Waals surface area contributed by atoms with E-state index in [1.807, 2.05) is 289 Å². The lowest BCUT2D eigenvalue weighted by atomic mass is 10.1. The van der Waals surface area contributed by atoms with E-state index in [4.69, 9.17) is 79.8 Å². The van der Waals surface area contributed by atoms with E-state index in [2.05, 4.69) is 0 Å². The molecule has 96 heavy (non-hydrogen) atoms. The highest BCUT2D eigenvalue weighted by Gasteiger charge is 2.41. The molecule has 0 saturated carbocycles. The lowest BCUT2D eigenvalue weighted by Crippen LogP contribution is -2.42. The lowest BCUT2D eigenvalue weighted by Gasteiger charge is -2.20. The fourth-order valence-corrected chi connectivity index (χ4v) is 12.4. The largest absolute Gasteiger partial charge is 0.349 e. The van der Waals surface area contributed by atoms with Gasteiger partial charge in [-0.1, -0.05) is 12.2 Å². The number of fused-ring (bicyclic) bond motifs is 16. The monoisotopic (exact) mass is 1260 g/mol. The minimum atomic E-state index is 0.139. The summed E-state index contributed by atoms with van der Waals surface area (Å²) in [5.74, 6) is 1.11. The Hall–Kier alpha value is -13.1. The smallest absolute Gasteiger partial charge is 0.233 e. The number of aryl methyl sites for hydroxylation is 6. The zero-order valence-corrected chi connectivity index (χ0v) is 53.2. The summed E-state index contributed by atoms with van der Waals surface area (Å²) in [5.41, 5.74) is 12.2. The molecule has 8 bridgehead atoms. The van der Waals surface area contributed by atoms with Crippen LogP contribution >= 0.6 is 0 Å². The van der Waals surface area contributed by atoms with Crippen LogP contribution in [0.5, 0.6) is 0 Å². The molecule has 0 aromatic carbocycles. The van der Waals surface area contributed by atoms with E-state index >= 15 is 0 Å². The highest BCUT2D eigenvalue weighted by atomic mass is 15.2. The molecule has 10 aromatic heterocycles. The summed E-state index contributed by atoms with van der Waals surface area (Å²) < 4.78 is 12.0. The first-order chi connectivity index (χ1) is 46.9. The molecule has 24 heteroatoms. The Morgan fingerprint density at radius 1 is 0.240 bits per heavy atom. The molecule has 24 nitrogen and oxygen atoms in total. The van der Waals surface area contributed by atoms with E-state index in [-0.39, 0.29) is 46.7 Å². The molecular weight excluding hydrogens is 1200 g/mol. The Morgan fingerprint density at radius 3 is 0.625 bits per heavy atom. The van der Waals surface area contributed by atoms with E-state index in [9.17, 15) is 0 Å². The van der Waals surface area contributed by atoms with Crippen molar-refractivity contribution in [3.63, 3.8) is 0 Å². The SMILES string of the molecule is CN1C=CC=CC1=c1nc2c(nc1=C1C=CC=CN1C)C1=NC2=NC2=NC(=NC3=NC(=NC4=NC(=N1)c1nc(-c5cccc[n+]5C)c(-c5cccc[n+]5C)nc14)c1nc(-c4cccc[n+]4C)c(-c4cccc[n+]4C)nc13)c1nc(-c3cccc[n+]3C)c(-c3cccc[n+]3C)nc12. The van der Waals surface area contributed by atoms with Gasteiger partial charge < -0.3 is 9.80 Å². The molecule has 0 amide bonds. The maximum Gasteiger partial charge on any atom is 0.233 e. The van der Waals surface area contributed by atoms with Crippen LogP contribution in [0.4, 0.5) is 0 Å². The van der Waals surface area contributed by atoms with Crippen molar-refractivity contribution in [1.82, 2.24) is 49.7 Å². The number of hydrogen-bond donors (Lipinski definition) is 0. The summed E-state index contributed by atoms with van der Waals surface area (Å²) in [6.45, 7) is 0. The molecule has 0 unspecified atom stereocenters. The molecule has 7 aliphatic heterocycles. The van der Waals surface area contributed by atoms with E-state index < -0.39 is 0 Å². The number of nitrogens with zero attached hydrogens (tertiary/aromatic N) is 24. The van der Waals surface area contributed by atoms with Crippen LogP contribution in [-0.4, -0.2) is 110 Å². The molecule has 7 aliphatic rings. The Kier molecular flexibility index (Phi) is 13.2. The van der Waals surface area contributed by atoms with E-state index in [1.54, 1.807) is 0 Å². The van der Waals surface area contributed by atoms with Gasteiger partial charge in [0.2, 0.25) is 34.2 Å². The molecule has 0 radical (unpaired) electrons. The fourth-order valence-electron chi connectivity index (χ4n) is 12.4. The van der Waals surface area contributed by atoms with E-state index in [0.717, 1.165) is 45.6 Å². The van der Waals surface area contributed by atoms with Crippen LogP contribution in [0.25, 0.3) is 79.7 Å². The maximum atomic E-state index is 5.57. The van der Waals surface area contributed by atoms with Crippen molar-refractivity contribution in [2.75, 3.05) is 14.1 Å². The molecule has 0 atom stereocenters. The van der Waals surface area contributed by atoms with Gasteiger partial charge in [-0.25, -0.2) is 79.8 Å². The van der Waals surface area contributed by atoms with Gasteiger partial charge in [0, 0.05) is 99.3 Å². The number of amidine groups is 8. The van der Waals surface area contributed by atoms with Crippen LogP contribution in [0.2, 0.25) is 0 Å². The highest BCUT2D eigenvalue weighted by molar-refractivity contribution is 6.34. The van der Waals surface area contributed by atoms with Crippen molar-refractivity contribution in [1.29, 1.82) is 0 Å². The molecule has 0 fully saturated rings. The van der Waals surface area contributed by atoms with Gasteiger partial charge in [0.15, 0.2) is 118 Å². The summed E-state index contributed by atoms with van der Waals surface area (Å²) in [5, 5.41) is 1.13. The van der Waals surface area contributed by atoms with Crippen molar-refractivity contribution in [3.8, 4) is 68.3 Å². The number of likely N-dealkylation sites (N-methyl/N-ethyl adjacent to an activating group) is 2. The van der Waals surface area contributed by atoms with Gasteiger partial charge in [-0.05, 0) is 60.7 Å². The van der Waals surface area contributed by atoms with Crippen molar-refractivity contribution < 1.29 is 27.4 Å². The summed E-state index contributed by atoms with van der Waals surface area (Å²) in [6, 6.07) is 35.7. The summed E-state index contributed by atoms with van der Waals surface area (Å²) in [7, 11) is 15.8. The Labute approximate surface area is 548 Å². The minimum Gasteiger partial charge on any atom is -0.349 e. The Morgan fingerprint density at radius 2 is 0.438 bits per heavy atom. The van der Waals surface area contributed by atoms with Gasteiger partial charge in [-0.3, -0.25) is 0 Å². The lowest BCUT2D eigenvalue weighted by molar-refractivity contribution is -0.662. The normalized spacial score (nSPS) is 16.5. The van der Waals surface area contributed by atoms with Crippen molar-refractivity contribution in [2.24, 2.45) is 82.2 Å². The van der Waals surface area contributed by atoms with Crippen LogP contribution in [0, 0.1) is 0 Å². The summed E-state index contributed by atoms with van der Waals surface area (Å²) in [6.07, 6.45) is 27.7. The molecular formula is C72H56N24+6. The zero-order valence-electron chi connectivity index (χ0n) is 53.2. The number of pyridine rings is 6. The average molecular weight is 1260 g/mol. The minimum absolute atomic E-state index is 0.139. The first kappa shape index (κ1) is 56.8. The van der Waals surface area contributed by atoms with Gasteiger partial charge in [0.1, 0.15) is 98.5 Å². The molecule has 458 valence electrons. The zero-order chi connectivity index (χ0) is 65.0. The number of aliphatic imine (C=N–C) groups is 8. The topological polar surface area (TPSA) is 232 Å². The molecule has 10 aromatic rings. The van der Waals surface area contributed by atoms with Crippen LogP contribution in [0.1, 0.15) is 45.6 Å². The number of aromatic nitrogens is 14. The number of hydrogen-bond acceptors (Lipinski definition) is 18. The van der Waals surface area contributed by atoms with Crippen LogP contribution in [0.15, 0.2) is 235 Å². The Balaban J connectivity index is 1.01. The standard InChI is InChI=1S/C72H56N24/c1-89-33-17-9-25-41(89)49-50(42-26-10-18-34-90(42)2)74-58-57(73-49)65-81-66(58)86-68-61-62(78-54(46-30-14-22-38-94(46)6)53(77-61)45-29-13-21-37-93(45)5)70(83-68)88-72-64-63(79-55(47-31-15-23-39-95(47)7)56(80-64)48-32-16-24-40-96(48)8)71(84-72)87-69-60-59(67(82-69)85-65)75-51(43-27-11-19-35-91(43)3)52(76-60)44-28-12-20-36-92(44)4/h9-40H,1-8H3/q+6. The van der Waals surface area contributed by atoms with E-state index in [0.29, 0.717) is 90.4 Å². The van der Waals surface area contributed by atoms with Gasteiger partial charge >= 0.3 is 0 Å². The van der Waals surface area contributed by atoms with Crippen LogP contribution in [-0.2, 0) is 42.3 Å². The number of rotatable bonds is 6. The second-order valence-electron chi connectivity index (χ2n) is 23.5. The molecule has 0 aliphatic carbocycles. The predicted octanol–water partition coefficient (Wildman–Crippen LogP) is 3.18.